The maximum Gasteiger partial charge on any atom is 0.122 e. The summed E-state index contributed by atoms with van der Waals surface area (Å²) in [7, 11) is 2.00. The second-order valence-corrected chi connectivity index (χ2v) is 4.42. The molecule has 2 atom stereocenters. The van der Waals surface area contributed by atoms with Crippen molar-refractivity contribution in [1.29, 1.82) is 0 Å². The third-order valence-electron chi connectivity index (χ3n) is 3.15. The third kappa shape index (κ3) is 2.79. The van der Waals surface area contributed by atoms with Gasteiger partial charge in [0.15, 0.2) is 0 Å². The fraction of sp³-hybridized carbons (Fsp3) is 0.727. The fourth-order valence-corrected chi connectivity index (χ4v) is 2.19. The predicted molar refractivity (Wildman–Crippen MR) is 58.3 cm³/mol. The van der Waals surface area contributed by atoms with Crippen LogP contribution in [-0.2, 0) is 13.6 Å². The SMILES string of the molecule is Cn1ccnc1CNCC1CCC(O)C1. The van der Waals surface area contributed by atoms with Gasteiger partial charge in [0.25, 0.3) is 0 Å². The van der Waals surface area contributed by atoms with Crippen LogP contribution in [-0.4, -0.2) is 27.3 Å². The fourth-order valence-electron chi connectivity index (χ4n) is 2.19. The van der Waals surface area contributed by atoms with E-state index < -0.39 is 0 Å². The highest BCUT2D eigenvalue weighted by molar-refractivity contribution is 4.90. The van der Waals surface area contributed by atoms with Crippen LogP contribution in [0.5, 0.6) is 0 Å². The quantitative estimate of drug-likeness (QED) is 0.766. The molecule has 0 bridgehead atoms. The summed E-state index contributed by atoms with van der Waals surface area (Å²) in [5.41, 5.74) is 0. The topological polar surface area (TPSA) is 50.1 Å². The van der Waals surface area contributed by atoms with Crippen molar-refractivity contribution in [2.45, 2.75) is 31.9 Å². The lowest BCUT2D eigenvalue weighted by Crippen LogP contribution is -2.22. The van der Waals surface area contributed by atoms with Crippen LogP contribution in [0, 0.1) is 5.92 Å². The van der Waals surface area contributed by atoms with Gasteiger partial charge in [-0.15, -0.1) is 0 Å². The summed E-state index contributed by atoms with van der Waals surface area (Å²) in [4.78, 5) is 4.25. The van der Waals surface area contributed by atoms with E-state index in [-0.39, 0.29) is 6.10 Å². The molecule has 1 saturated carbocycles. The number of hydrogen-bond donors (Lipinski definition) is 2. The van der Waals surface area contributed by atoms with Crippen molar-refractivity contribution >= 4 is 0 Å². The van der Waals surface area contributed by atoms with Gasteiger partial charge in [0.1, 0.15) is 5.82 Å². The maximum atomic E-state index is 9.38. The van der Waals surface area contributed by atoms with E-state index >= 15 is 0 Å². The Morgan fingerprint density at radius 2 is 2.47 bits per heavy atom. The molecule has 0 radical (unpaired) electrons. The molecule has 1 heterocycles. The number of nitrogens with one attached hydrogen (secondary N) is 1. The molecule has 1 aliphatic rings. The zero-order valence-corrected chi connectivity index (χ0v) is 9.19. The van der Waals surface area contributed by atoms with Crippen LogP contribution >= 0.6 is 0 Å². The minimum atomic E-state index is -0.0649. The Bertz CT molecular complexity index is 311. The Morgan fingerprint density at radius 1 is 1.60 bits per heavy atom. The number of aromatic nitrogens is 2. The minimum absolute atomic E-state index is 0.0649. The molecule has 2 N–H and O–H groups in total. The van der Waals surface area contributed by atoms with Gasteiger partial charge in [-0.1, -0.05) is 0 Å². The van der Waals surface area contributed by atoms with Gasteiger partial charge in [0, 0.05) is 19.4 Å². The van der Waals surface area contributed by atoms with Crippen molar-refractivity contribution in [3.63, 3.8) is 0 Å². The Labute approximate surface area is 90.3 Å². The first-order chi connectivity index (χ1) is 7.25. The average Bonchev–Trinajstić information content (AvgIpc) is 2.77. The van der Waals surface area contributed by atoms with Gasteiger partial charge in [-0.2, -0.15) is 0 Å². The highest BCUT2D eigenvalue weighted by Crippen LogP contribution is 2.24. The Morgan fingerprint density at radius 3 is 3.07 bits per heavy atom. The first kappa shape index (κ1) is 10.6. The van der Waals surface area contributed by atoms with Crippen LogP contribution in [0.3, 0.4) is 0 Å². The maximum absolute atomic E-state index is 9.38. The molecule has 1 aromatic rings. The van der Waals surface area contributed by atoms with E-state index in [0.29, 0.717) is 5.92 Å². The summed E-state index contributed by atoms with van der Waals surface area (Å²) >= 11 is 0. The molecule has 0 amide bonds. The highest BCUT2D eigenvalue weighted by Gasteiger charge is 2.22. The molecule has 1 aliphatic carbocycles. The number of aliphatic hydroxyl groups is 1. The second kappa shape index (κ2) is 4.77. The lowest BCUT2D eigenvalue weighted by Gasteiger charge is -2.10. The van der Waals surface area contributed by atoms with E-state index in [1.165, 1.54) is 0 Å². The smallest absolute Gasteiger partial charge is 0.122 e. The molecule has 1 aromatic heterocycles. The first-order valence-corrected chi connectivity index (χ1v) is 5.60. The summed E-state index contributed by atoms with van der Waals surface area (Å²) in [5.74, 6) is 1.70. The number of nitrogens with zero attached hydrogens (tertiary/aromatic N) is 2. The van der Waals surface area contributed by atoms with Crippen LogP contribution < -0.4 is 5.32 Å². The van der Waals surface area contributed by atoms with Gasteiger partial charge in [0.05, 0.1) is 12.6 Å². The Hall–Kier alpha value is -0.870. The Balaban J connectivity index is 1.69. The van der Waals surface area contributed by atoms with Gasteiger partial charge >= 0.3 is 0 Å². The molecule has 4 heteroatoms. The van der Waals surface area contributed by atoms with E-state index in [1.54, 1.807) is 0 Å². The minimum Gasteiger partial charge on any atom is -0.393 e. The predicted octanol–water partition coefficient (Wildman–Crippen LogP) is 0.671. The summed E-state index contributed by atoms with van der Waals surface area (Å²) in [6.07, 6.45) is 6.77. The van der Waals surface area contributed by atoms with Crippen LogP contribution in [0.2, 0.25) is 0 Å². The van der Waals surface area contributed by atoms with E-state index in [0.717, 1.165) is 38.2 Å². The van der Waals surface area contributed by atoms with Crippen molar-refractivity contribution in [1.82, 2.24) is 14.9 Å². The molecule has 0 saturated heterocycles. The number of imidazole rings is 1. The molecule has 2 rings (SSSR count). The molecule has 0 spiro atoms. The summed E-state index contributed by atoms with van der Waals surface area (Å²) in [6.45, 7) is 1.81. The van der Waals surface area contributed by atoms with Crippen molar-refractivity contribution in [2.24, 2.45) is 13.0 Å². The van der Waals surface area contributed by atoms with Gasteiger partial charge < -0.3 is 15.0 Å². The number of aliphatic hydroxyl groups excluding tert-OH is 1. The van der Waals surface area contributed by atoms with E-state index in [9.17, 15) is 5.11 Å². The van der Waals surface area contributed by atoms with Gasteiger partial charge in [-0.3, -0.25) is 0 Å². The highest BCUT2D eigenvalue weighted by atomic mass is 16.3. The normalized spacial score (nSPS) is 26.0. The van der Waals surface area contributed by atoms with Crippen LogP contribution in [0.1, 0.15) is 25.1 Å². The van der Waals surface area contributed by atoms with Gasteiger partial charge in [-0.05, 0) is 31.7 Å². The Kier molecular flexibility index (Phi) is 3.38. The zero-order chi connectivity index (χ0) is 10.7. The molecule has 1 fully saturated rings. The third-order valence-corrected chi connectivity index (χ3v) is 3.15. The largest absolute Gasteiger partial charge is 0.393 e. The molecule has 0 aliphatic heterocycles. The second-order valence-electron chi connectivity index (χ2n) is 4.42. The molecule has 0 aromatic carbocycles. The van der Waals surface area contributed by atoms with E-state index in [1.807, 2.05) is 24.0 Å². The van der Waals surface area contributed by atoms with Crippen LogP contribution in [0.15, 0.2) is 12.4 Å². The van der Waals surface area contributed by atoms with Gasteiger partial charge in [0.2, 0.25) is 0 Å². The summed E-state index contributed by atoms with van der Waals surface area (Å²) in [6, 6.07) is 0. The average molecular weight is 209 g/mol. The zero-order valence-electron chi connectivity index (χ0n) is 9.19. The summed E-state index contributed by atoms with van der Waals surface area (Å²) < 4.78 is 2.02. The standard InChI is InChI=1S/C11H19N3O/c1-14-5-4-13-11(14)8-12-7-9-2-3-10(15)6-9/h4-5,9-10,12,15H,2-3,6-8H2,1H3. The van der Waals surface area contributed by atoms with E-state index in [2.05, 4.69) is 10.3 Å². The van der Waals surface area contributed by atoms with E-state index in [4.69, 9.17) is 0 Å². The molecule has 84 valence electrons. The van der Waals surface area contributed by atoms with Crippen molar-refractivity contribution in [3.05, 3.63) is 18.2 Å². The van der Waals surface area contributed by atoms with Gasteiger partial charge in [-0.25, -0.2) is 4.98 Å². The number of hydrogen-bond acceptors (Lipinski definition) is 3. The lowest BCUT2D eigenvalue weighted by molar-refractivity contribution is 0.177. The number of aryl methyl sites for hydroxylation is 1. The van der Waals surface area contributed by atoms with Crippen molar-refractivity contribution in [3.8, 4) is 0 Å². The lowest BCUT2D eigenvalue weighted by atomic mass is 10.1. The monoisotopic (exact) mass is 209 g/mol. The van der Waals surface area contributed by atoms with Crippen molar-refractivity contribution < 1.29 is 5.11 Å². The first-order valence-electron chi connectivity index (χ1n) is 5.60. The molecule has 15 heavy (non-hydrogen) atoms. The van der Waals surface area contributed by atoms with Crippen LogP contribution in [0.4, 0.5) is 0 Å². The molecular weight excluding hydrogens is 190 g/mol. The molecular formula is C11H19N3O. The van der Waals surface area contributed by atoms with Crippen LogP contribution in [0.25, 0.3) is 0 Å². The number of rotatable bonds is 4. The molecule has 2 unspecified atom stereocenters. The summed E-state index contributed by atoms with van der Waals surface area (Å²) in [5, 5.41) is 12.8. The molecule has 4 nitrogen and oxygen atoms in total. The van der Waals surface area contributed by atoms with Crippen molar-refractivity contribution in [2.75, 3.05) is 6.54 Å².